The summed E-state index contributed by atoms with van der Waals surface area (Å²) in [4.78, 5) is 23.4. The number of carboxylic acid groups (broad SMARTS) is 1. The first kappa shape index (κ1) is 14.3. The molecule has 2 fully saturated rings. The van der Waals surface area contributed by atoms with E-state index >= 15 is 0 Å². The second-order valence-corrected chi connectivity index (χ2v) is 5.33. The lowest BCUT2D eigenvalue weighted by Crippen LogP contribution is -2.48. The maximum absolute atomic E-state index is 12.0. The van der Waals surface area contributed by atoms with Crippen molar-refractivity contribution in [1.29, 1.82) is 0 Å². The summed E-state index contributed by atoms with van der Waals surface area (Å²) in [6, 6.07) is 0. The van der Waals surface area contributed by atoms with E-state index < -0.39 is 11.4 Å². The Morgan fingerprint density at radius 1 is 1.21 bits per heavy atom. The molecule has 0 saturated carbocycles. The van der Waals surface area contributed by atoms with Crippen LogP contribution in [0.15, 0.2) is 0 Å². The lowest BCUT2D eigenvalue weighted by Gasteiger charge is -2.33. The number of carbonyl (C=O) groups is 2. The van der Waals surface area contributed by atoms with Gasteiger partial charge in [-0.3, -0.25) is 9.59 Å². The van der Waals surface area contributed by atoms with Crippen molar-refractivity contribution in [1.82, 2.24) is 5.32 Å². The standard InChI is InChI=1S/C13H21NO5/c15-11(10-2-1-5-19-8-10)14-9-13(12(16)17)3-6-18-7-4-13/h10H,1-9H2,(H,14,15)(H,16,17). The van der Waals surface area contributed by atoms with Crippen molar-refractivity contribution in [2.75, 3.05) is 33.0 Å². The summed E-state index contributed by atoms with van der Waals surface area (Å²) in [5.74, 6) is -1.08. The molecule has 0 aromatic carbocycles. The van der Waals surface area contributed by atoms with Crippen LogP contribution in [0.3, 0.4) is 0 Å². The van der Waals surface area contributed by atoms with Crippen molar-refractivity contribution >= 4 is 11.9 Å². The minimum Gasteiger partial charge on any atom is -0.481 e. The van der Waals surface area contributed by atoms with E-state index in [2.05, 4.69) is 5.32 Å². The summed E-state index contributed by atoms with van der Waals surface area (Å²) in [5.41, 5.74) is -0.872. The van der Waals surface area contributed by atoms with E-state index in [0.29, 0.717) is 39.3 Å². The Kier molecular flexibility index (Phi) is 4.76. The number of nitrogens with one attached hydrogen (secondary N) is 1. The molecule has 0 bridgehead atoms. The molecule has 0 aromatic rings. The van der Waals surface area contributed by atoms with Gasteiger partial charge in [0, 0.05) is 26.4 Å². The number of hydrogen-bond acceptors (Lipinski definition) is 4. The Bertz CT molecular complexity index is 332. The molecule has 2 N–H and O–H groups in total. The van der Waals surface area contributed by atoms with E-state index in [0.717, 1.165) is 12.8 Å². The largest absolute Gasteiger partial charge is 0.481 e. The number of carbonyl (C=O) groups excluding carboxylic acids is 1. The minimum atomic E-state index is -0.872. The molecular weight excluding hydrogens is 250 g/mol. The molecule has 19 heavy (non-hydrogen) atoms. The average molecular weight is 271 g/mol. The normalized spacial score (nSPS) is 26.6. The molecule has 0 radical (unpaired) electrons. The van der Waals surface area contributed by atoms with E-state index in [1.165, 1.54) is 0 Å². The number of ether oxygens (including phenoxy) is 2. The van der Waals surface area contributed by atoms with Gasteiger partial charge in [0.1, 0.15) is 0 Å². The van der Waals surface area contributed by atoms with Crippen molar-refractivity contribution in [2.45, 2.75) is 25.7 Å². The third-order valence-electron chi connectivity index (χ3n) is 4.04. The van der Waals surface area contributed by atoms with Gasteiger partial charge in [-0.05, 0) is 25.7 Å². The van der Waals surface area contributed by atoms with Crippen molar-refractivity contribution in [2.24, 2.45) is 11.3 Å². The second-order valence-electron chi connectivity index (χ2n) is 5.33. The quantitative estimate of drug-likeness (QED) is 0.773. The van der Waals surface area contributed by atoms with Crippen LogP contribution in [0.25, 0.3) is 0 Å². The van der Waals surface area contributed by atoms with Gasteiger partial charge in [0.25, 0.3) is 0 Å². The predicted molar refractivity (Wildman–Crippen MR) is 66.7 cm³/mol. The van der Waals surface area contributed by atoms with Crippen LogP contribution in [0.2, 0.25) is 0 Å². The van der Waals surface area contributed by atoms with Crippen LogP contribution in [0.1, 0.15) is 25.7 Å². The van der Waals surface area contributed by atoms with E-state index in [1.54, 1.807) is 0 Å². The smallest absolute Gasteiger partial charge is 0.311 e. The van der Waals surface area contributed by atoms with Gasteiger partial charge >= 0.3 is 5.97 Å². The molecule has 0 aromatic heterocycles. The number of rotatable bonds is 4. The molecule has 2 aliphatic rings. The lowest BCUT2D eigenvalue weighted by molar-refractivity contribution is -0.155. The van der Waals surface area contributed by atoms with Gasteiger partial charge in [-0.1, -0.05) is 0 Å². The highest BCUT2D eigenvalue weighted by atomic mass is 16.5. The first-order valence-electron chi connectivity index (χ1n) is 6.81. The van der Waals surface area contributed by atoms with Gasteiger partial charge < -0.3 is 19.9 Å². The fraction of sp³-hybridized carbons (Fsp3) is 0.846. The Labute approximate surface area is 112 Å². The van der Waals surface area contributed by atoms with E-state index in [1.807, 2.05) is 0 Å². The average Bonchev–Trinajstić information content (AvgIpc) is 2.46. The Balaban J connectivity index is 1.87. The zero-order valence-corrected chi connectivity index (χ0v) is 11.0. The summed E-state index contributed by atoms with van der Waals surface area (Å²) in [5, 5.41) is 12.2. The molecule has 2 saturated heterocycles. The fourth-order valence-corrected chi connectivity index (χ4v) is 2.58. The van der Waals surface area contributed by atoms with Gasteiger partial charge in [0.15, 0.2) is 0 Å². The molecule has 6 heteroatoms. The second kappa shape index (κ2) is 6.34. The molecule has 2 aliphatic heterocycles. The SMILES string of the molecule is O=C(NCC1(C(=O)O)CCOCC1)C1CCCOC1. The third kappa shape index (κ3) is 3.45. The Morgan fingerprint density at radius 3 is 2.53 bits per heavy atom. The van der Waals surface area contributed by atoms with Crippen LogP contribution in [0, 0.1) is 11.3 Å². The summed E-state index contributed by atoms with van der Waals surface area (Å²) in [6.45, 7) is 2.21. The van der Waals surface area contributed by atoms with Gasteiger partial charge in [0.2, 0.25) is 5.91 Å². The molecule has 108 valence electrons. The summed E-state index contributed by atoms with van der Waals surface area (Å²) in [7, 11) is 0. The first-order chi connectivity index (χ1) is 9.14. The van der Waals surface area contributed by atoms with Crippen LogP contribution in [0.5, 0.6) is 0 Å². The predicted octanol–water partition coefficient (Wildman–Crippen LogP) is 0.411. The number of amides is 1. The molecule has 0 spiro atoms. The third-order valence-corrected chi connectivity index (χ3v) is 4.04. The highest BCUT2D eigenvalue weighted by Crippen LogP contribution is 2.30. The summed E-state index contributed by atoms with van der Waals surface area (Å²) in [6.07, 6.45) is 2.60. The van der Waals surface area contributed by atoms with Gasteiger partial charge in [-0.2, -0.15) is 0 Å². The molecule has 2 rings (SSSR count). The Hall–Kier alpha value is -1.14. The van der Waals surface area contributed by atoms with Crippen molar-refractivity contribution in [3.05, 3.63) is 0 Å². The minimum absolute atomic E-state index is 0.0909. The first-order valence-corrected chi connectivity index (χ1v) is 6.81. The van der Waals surface area contributed by atoms with Crippen LogP contribution in [-0.4, -0.2) is 50.0 Å². The highest BCUT2D eigenvalue weighted by Gasteiger charge is 2.40. The molecule has 1 amide bonds. The van der Waals surface area contributed by atoms with Crippen LogP contribution in [0.4, 0.5) is 0 Å². The van der Waals surface area contributed by atoms with Crippen molar-refractivity contribution in [3.63, 3.8) is 0 Å². The Morgan fingerprint density at radius 2 is 1.95 bits per heavy atom. The topological polar surface area (TPSA) is 84.9 Å². The van der Waals surface area contributed by atoms with E-state index in [-0.39, 0.29) is 18.4 Å². The van der Waals surface area contributed by atoms with Gasteiger partial charge in [0.05, 0.1) is 17.9 Å². The molecule has 1 atom stereocenters. The van der Waals surface area contributed by atoms with Crippen molar-refractivity contribution < 1.29 is 24.2 Å². The van der Waals surface area contributed by atoms with Crippen LogP contribution in [-0.2, 0) is 19.1 Å². The monoisotopic (exact) mass is 271 g/mol. The van der Waals surface area contributed by atoms with E-state index in [9.17, 15) is 14.7 Å². The number of carboxylic acids is 1. The maximum atomic E-state index is 12.0. The number of hydrogen-bond donors (Lipinski definition) is 2. The van der Waals surface area contributed by atoms with Crippen molar-refractivity contribution in [3.8, 4) is 0 Å². The number of aliphatic carboxylic acids is 1. The summed E-state index contributed by atoms with van der Waals surface area (Å²) >= 11 is 0. The van der Waals surface area contributed by atoms with Crippen LogP contribution < -0.4 is 5.32 Å². The van der Waals surface area contributed by atoms with E-state index in [4.69, 9.17) is 9.47 Å². The zero-order valence-electron chi connectivity index (χ0n) is 11.0. The highest BCUT2D eigenvalue weighted by molar-refractivity contribution is 5.81. The molecular formula is C13H21NO5. The fourth-order valence-electron chi connectivity index (χ4n) is 2.58. The lowest BCUT2D eigenvalue weighted by atomic mass is 9.80. The van der Waals surface area contributed by atoms with Gasteiger partial charge in [-0.25, -0.2) is 0 Å². The molecule has 0 aliphatic carbocycles. The van der Waals surface area contributed by atoms with Crippen LogP contribution >= 0.6 is 0 Å². The zero-order chi connectivity index (χ0) is 13.7. The molecule has 2 heterocycles. The molecule has 1 unspecified atom stereocenters. The van der Waals surface area contributed by atoms with Gasteiger partial charge in [-0.15, -0.1) is 0 Å². The molecule has 6 nitrogen and oxygen atoms in total. The summed E-state index contributed by atoms with van der Waals surface area (Å²) < 4.78 is 10.5. The maximum Gasteiger partial charge on any atom is 0.311 e.